The van der Waals surface area contributed by atoms with Crippen LogP contribution < -0.4 is 9.47 Å². The molecular weight excluding hydrogens is 288 g/mol. The van der Waals surface area contributed by atoms with Crippen LogP contribution in [0.15, 0.2) is 48.5 Å². The Hall–Kier alpha value is -1.71. The quantitative estimate of drug-likeness (QED) is 0.831. The maximum absolute atomic E-state index is 10.1. The van der Waals surface area contributed by atoms with Gasteiger partial charge in [-0.05, 0) is 48.4 Å². The highest BCUT2D eigenvalue weighted by atomic mass is 35.5. The van der Waals surface area contributed by atoms with Crippen molar-refractivity contribution in [1.82, 2.24) is 0 Å². The normalized spacial score (nSPS) is 12.0. The van der Waals surface area contributed by atoms with E-state index in [0.29, 0.717) is 17.4 Å². The lowest BCUT2D eigenvalue weighted by Crippen LogP contribution is -2.09. The number of rotatable bonds is 7. The zero-order valence-electron chi connectivity index (χ0n) is 12.0. The molecule has 112 valence electrons. The summed E-state index contributed by atoms with van der Waals surface area (Å²) in [5.74, 6) is 1.49. The summed E-state index contributed by atoms with van der Waals surface area (Å²) in [6.45, 7) is 2.95. The van der Waals surface area contributed by atoms with E-state index in [4.69, 9.17) is 21.1 Å². The van der Waals surface area contributed by atoms with E-state index in [2.05, 4.69) is 6.92 Å². The minimum Gasteiger partial charge on any atom is -0.494 e. The fourth-order valence-electron chi connectivity index (χ4n) is 1.81. The van der Waals surface area contributed by atoms with Gasteiger partial charge in [0.15, 0.2) is 0 Å². The van der Waals surface area contributed by atoms with E-state index in [1.165, 1.54) is 0 Å². The monoisotopic (exact) mass is 306 g/mol. The summed E-state index contributed by atoms with van der Waals surface area (Å²) in [5, 5.41) is 10.8. The first kappa shape index (κ1) is 15.7. The Kier molecular flexibility index (Phi) is 5.90. The van der Waals surface area contributed by atoms with E-state index in [1.807, 2.05) is 24.3 Å². The summed E-state index contributed by atoms with van der Waals surface area (Å²) in [7, 11) is 0. The Balaban J connectivity index is 1.87. The standard InChI is InChI=1S/C17H19ClO3/c1-2-11-20-15-7-3-13(4-8-15)17(19)12-21-16-9-5-14(18)6-10-16/h3-10,17,19H,2,11-12H2,1H3. The van der Waals surface area contributed by atoms with E-state index in [-0.39, 0.29) is 6.61 Å². The molecule has 0 heterocycles. The number of aliphatic hydroxyl groups is 1. The second-order valence-corrected chi connectivity index (χ2v) is 5.13. The Morgan fingerprint density at radius 1 is 0.952 bits per heavy atom. The predicted octanol–water partition coefficient (Wildman–Crippen LogP) is 4.24. The van der Waals surface area contributed by atoms with Crippen LogP contribution in [-0.2, 0) is 0 Å². The zero-order valence-corrected chi connectivity index (χ0v) is 12.7. The zero-order chi connectivity index (χ0) is 15.1. The average molecular weight is 307 g/mol. The van der Waals surface area contributed by atoms with Gasteiger partial charge in [0.25, 0.3) is 0 Å². The molecule has 0 aliphatic heterocycles. The number of hydrogen-bond donors (Lipinski definition) is 1. The van der Waals surface area contributed by atoms with Crippen molar-refractivity contribution >= 4 is 11.6 Å². The Labute approximate surface area is 130 Å². The van der Waals surface area contributed by atoms with Gasteiger partial charge in [-0.3, -0.25) is 0 Å². The molecule has 3 nitrogen and oxygen atoms in total. The van der Waals surface area contributed by atoms with Gasteiger partial charge in [-0.2, -0.15) is 0 Å². The molecule has 0 bridgehead atoms. The number of benzene rings is 2. The minimum absolute atomic E-state index is 0.191. The minimum atomic E-state index is -0.680. The van der Waals surface area contributed by atoms with Crippen molar-refractivity contribution in [3.63, 3.8) is 0 Å². The second kappa shape index (κ2) is 7.91. The van der Waals surface area contributed by atoms with Crippen molar-refractivity contribution in [2.75, 3.05) is 13.2 Å². The molecular formula is C17H19ClO3. The molecule has 4 heteroatoms. The van der Waals surface area contributed by atoms with E-state index in [9.17, 15) is 5.11 Å². The first-order valence-corrected chi connectivity index (χ1v) is 7.36. The van der Waals surface area contributed by atoms with Gasteiger partial charge in [-0.25, -0.2) is 0 Å². The molecule has 0 amide bonds. The molecule has 0 fully saturated rings. The highest BCUT2D eigenvalue weighted by Gasteiger charge is 2.08. The predicted molar refractivity (Wildman–Crippen MR) is 84.1 cm³/mol. The summed E-state index contributed by atoms with van der Waals surface area (Å²) in [6.07, 6.45) is 0.292. The molecule has 2 aromatic carbocycles. The lowest BCUT2D eigenvalue weighted by atomic mass is 10.1. The van der Waals surface area contributed by atoms with Crippen LogP contribution in [0.25, 0.3) is 0 Å². The summed E-state index contributed by atoms with van der Waals surface area (Å²) in [6, 6.07) is 14.5. The van der Waals surface area contributed by atoms with Gasteiger partial charge in [0.05, 0.1) is 6.61 Å². The molecule has 1 atom stereocenters. The smallest absolute Gasteiger partial charge is 0.119 e. The average Bonchev–Trinajstić information content (AvgIpc) is 2.52. The van der Waals surface area contributed by atoms with Gasteiger partial charge >= 0.3 is 0 Å². The van der Waals surface area contributed by atoms with Crippen LogP contribution in [0, 0.1) is 0 Å². The van der Waals surface area contributed by atoms with Gasteiger partial charge in [0, 0.05) is 5.02 Å². The third kappa shape index (κ3) is 4.96. The largest absolute Gasteiger partial charge is 0.494 e. The molecule has 0 aromatic heterocycles. The molecule has 0 radical (unpaired) electrons. The van der Waals surface area contributed by atoms with Gasteiger partial charge in [-0.15, -0.1) is 0 Å². The van der Waals surface area contributed by atoms with Crippen molar-refractivity contribution in [2.24, 2.45) is 0 Å². The lowest BCUT2D eigenvalue weighted by Gasteiger charge is -2.13. The number of halogens is 1. The SMILES string of the molecule is CCCOc1ccc(C(O)COc2ccc(Cl)cc2)cc1. The highest BCUT2D eigenvalue weighted by molar-refractivity contribution is 6.30. The molecule has 2 aromatic rings. The topological polar surface area (TPSA) is 38.7 Å². The molecule has 0 saturated carbocycles. The third-order valence-electron chi connectivity index (χ3n) is 2.96. The van der Waals surface area contributed by atoms with E-state index >= 15 is 0 Å². The van der Waals surface area contributed by atoms with Crippen LogP contribution >= 0.6 is 11.6 Å². The molecule has 0 aliphatic carbocycles. The van der Waals surface area contributed by atoms with Gasteiger partial charge in [0.2, 0.25) is 0 Å². The van der Waals surface area contributed by atoms with Crippen LogP contribution in [0.3, 0.4) is 0 Å². The molecule has 1 unspecified atom stereocenters. The Bertz CT molecular complexity index is 537. The fourth-order valence-corrected chi connectivity index (χ4v) is 1.93. The first-order chi connectivity index (χ1) is 10.2. The van der Waals surface area contributed by atoms with E-state index in [0.717, 1.165) is 17.7 Å². The van der Waals surface area contributed by atoms with Gasteiger partial charge in [-0.1, -0.05) is 30.7 Å². The van der Waals surface area contributed by atoms with Crippen LogP contribution in [0.5, 0.6) is 11.5 Å². The second-order valence-electron chi connectivity index (χ2n) is 4.70. The fraction of sp³-hybridized carbons (Fsp3) is 0.294. The van der Waals surface area contributed by atoms with Crippen molar-refractivity contribution in [2.45, 2.75) is 19.4 Å². The van der Waals surface area contributed by atoms with Crippen LogP contribution in [0.1, 0.15) is 25.0 Å². The van der Waals surface area contributed by atoms with E-state index in [1.54, 1.807) is 24.3 Å². The van der Waals surface area contributed by atoms with Gasteiger partial charge < -0.3 is 14.6 Å². The van der Waals surface area contributed by atoms with Crippen molar-refractivity contribution in [1.29, 1.82) is 0 Å². The maximum atomic E-state index is 10.1. The third-order valence-corrected chi connectivity index (χ3v) is 3.21. The Morgan fingerprint density at radius 2 is 1.52 bits per heavy atom. The lowest BCUT2D eigenvalue weighted by molar-refractivity contribution is 0.108. The Morgan fingerprint density at radius 3 is 2.14 bits per heavy atom. The van der Waals surface area contributed by atoms with Crippen molar-refractivity contribution in [3.8, 4) is 11.5 Å². The maximum Gasteiger partial charge on any atom is 0.119 e. The first-order valence-electron chi connectivity index (χ1n) is 6.98. The van der Waals surface area contributed by atoms with Gasteiger partial charge in [0.1, 0.15) is 24.2 Å². The summed E-state index contributed by atoms with van der Waals surface area (Å²) in [5.41, 5.74) is 0.799. The summed E-state index contributed by atoms with van der Waals surface area (Å²) >= 11 is 5.80. The molecule has 1 N–H and O–H groups in total. The van der Waals surface area contributed by atoms with E-state index < -0.39 is 6.10 Å². The molecule has 21 heavy (non-hydrogen) atoms. The number of aliphatic hydroxyl groups excluding tert-OH is 1. The highest BCUT2D eigenvalue weighted by Crippen LogP contribution is 2.20. The van der Waals surface area contributed by atoms with Crippen molar-refractivity contribution in [3.05, 3.63) is 59.1 Å². The molecule has 2 rings (SSSR count). The van der Waals surface area contributed by atoms with Crippen LogP contribution in [0.2, 0.25) is 5.02 Å². The molecule has 0 spiro atoms. The number of hydrogen-bond acceptors (Lipinski definition) is 3. The molecule has 0 saturated heterocycles. The number of ether oxygens (including phenoxy) is 2. The molecule has 0 aliphatic rings. The van der Waals surface area contributed by atoms with Crippen molar-refractivity contribution < 1.29 is 14.6 Å². The van der Waals surface area contributed by atoms with Crippen LogP contribution in [0.4, 0.5) is 0 Å². The summed E-state index contributed by atoms with van der Waals surface area (Å²) < 4.78 is 11.0. The summed E-state index contributed by atoms with van der Waals surface area (Å²) in [4.78, 5) is 0. The van der Waals surface area contributed by atoms with Crippen LogP contribution in [-0.4, -0.2) is 18.3 Å².